The van der Waals surface area contributed by atoms with Gasteiger partial charge in [0, 0.05) is 5.92 Å². The first-order valence-electron chi connectivity index (χ1n) is 6.42. The average Bonchev–Trinajstić information content (AvgIpc) is 2.28. The molecule has 16 heavy (non-hydrogen) atoms. The predicted molar refractivity (Wildman–Crippen MR) is 68.1 cm³/mol. The molecule has 0 aromatic heterocycles. The Morgan fingerprint density at radius 2 is 1.94 bits per heavy atom. The van der Waals surface area contributed by atoms with Crippen LogP contribution in [-0.2, 0) is 0 Å². The fourth-order valence-corrected chi connectivity index (χ4v) is 2.59. The molecule has 88 valence electrons. The molecule has 0 fully saturated rings. The summed E-state index contributed by atoms with van der Waals surface area (Å²) in [6, 6.07) is 0. The summed E-state index contributed by atoms with van der Waals surface area (Å²) in [6.45, 7) is 1.92. The highest BCUT2D eigenvalue weighted by Crippen LogP contribution is 2.30. The van der Waals surface area contributed by atoms with Gasteiger partial charge < -0.3 is 5.11 Å². The smallest absolute Gasteiger partial charge is 0.0862 e. The second-order valence-electron chi connectivity index (χ2n) is 5.24. The summed E-state index contributed by atoms with van der Waals surface area (Å²) in [5, 5.41) is 10.2. The van der Waals surface area contributed by atoms with Crippen molar-refractivity contribution >= 4 is 0 Å². The molecule has 3 atom stereocenters. The van der Waals surface area contributed by atoms with Crippen LogP contribution >= 0.6 is 0 Å². The van der Waals surface area contributed by atoms with Gasteiger partial charge in [0.25, 0.3) is 0 Å². The molecular weight excluding hydrogens is 196 g/mol. The summed E-state index contributed by atoms with van der Waals surface area (Å²) in [5.41, 5.74) is -0.640. The quantitative estimate of drug-likeness (QED) is 0.702. The van der Waals surface area contributed by atoms with Crippen molar-refractivity contribution in [1.29, 1.82) is 0 Å². The van der Waals surface area contributed by atoms with Crippen LogP contribution in [-0.4, -0.2) is 10.7 Å². The average molecular weight is 218 g/mol. The molecule has 1 nitrogen and oxygen atoms in total. The normalized spacial score (nSPS) is 39.4. The van der Waals surface area contributed by atoms with Crippen LogP contribution in [0.5, 0.6) is 0 Å². The van der Waals surface area contributed by atoms with Gasteiger partial charge in [0.05, 0.1) is 5.60 Å². The fraction of sp³-hybridized carbons (Fsp3) is 0.600. The fourth-order valence-electron chi connectivity index (χ4n) is 2.59. The lowest BCUT2D eigenvalue weighted by Gasteiger charge is -2.31. The van der Waals surface area contributed by atoms with Gasteiger partial charge in [-0.05, 0) is 44.9 Å². The van der Waals surface area contributed by atoms with Crippen molar-refractivity contribution < 1.29 is 5.11 Å². The van der Waals surface area contributed by atoms with Crippen LogP contribution in [0, 0.1) is 11.8 Å². The first kappa shape index (κ1) is 11.7. The Labute approximate surface area is 98.6 Å². The van der Waals surface area contributed by atoms with E-state index in [2.05, 4.69) is 30.4 Å². The van der Waals surface area contributed by atoms with Gasteiger partial charge in [-0.2, -0.15) is 0 Å². The second kappa shape index (κ2) is 5.01. The van der Waals surface area contributed by atoms with E-state index >= 15 is 0 Å². The third kappa shape index (κ3) is 2.85. The van der Waals surface area contributed by atoms with Gasteiger partial charge in [-0.1, -0.05) is 36.5 Å². The molecule has 0 amide bonds. The molecule has 1 heteroatoms. The molecule has 2 aliphatic rings. The molecule has 2 rings (SSSR count). The zero-order valence-corrected chi connectivity index (χ0v) is 10.1. The van der Waals surface area contributed by atoms with Crippen molar-refractivity contribution in [3.05, 3.63) is 36.5 Å². The lowest BCUT2D eigenvalue weighted by atomic mass is 9.80. The Bertz CT molecular complexity index is 309. The van der Waals surface area contributed by atoms with E-state index in [4.69, 9.17) is 0 Å². The van der Waals surface area contributed by atoms with Crippen LogP contribution in [0.25, 0.3) is 0 Å². The van der Waals surface area contributed by atoms with E-state index in [9.17, 15) is 5.11 Å². The molecule has 0 saturated carbocycles. The van der Waals surface area contributed by atoms with Gasteiger partial charge in [0.2, 0.25) is 0 Å². The third-order valence-corrected chi connectivity index (χ3v) is 3.78. The summed E-state index contributed by atoms with van der Waals surface area (Å²) in [7, 11) is 0. The van der Waals surface area contributed by atoms with E-state index in [0.717, 1.165) is 12.8 Å². The highest BCUT2D eigenvalue weighted by Gasteiger charge is 2.28. The van der Waals surface area contributed by atoms with Crippen molar-refractivity contribution in [3.63, 3.8) is 0 Å². The predicted octanol–water partition coefficient (Wildman–Crippen LogP) is 3.62. The largest absolute Gasteiger partial charge is 0.385 e. The number of hydrogen-bond acceptors (Lipinski definition) is 1. The summed E-state index contributed by atoms with van der Waals surface area (Å²) in [5.74, 6) is 0.982. The molecule has 0 heterocycles. The number of hydrogen-bond donors (Lipinski definition) is 1. The third-order valence-electron chi connectivity index (χ3n) is 3.78. The molecular formula is C15H22O. The molecule has 0 bridgehead atoms. The first-order valence-corrected chi connectivity index (χ1v) is 6.42. The second-order valence-corrected chi connectivity index (χ2v) is 5.24. The first-order chi connectivity index (χ1) is 7.68. The zero-order chi connectivity index (χ0) is 11.4. The highest BCUT2D eigenvalue weighted by molar-refractivity contribution is 5.13. The monoisotopic (exact) mass is 218 g/mol. The van der Waals surface area contributed by atoms with Crippen molar-refractivity contribution in [2.24, 2.45) is 11.8 Å². The topological polar surface area (TPSA) is 20.2 Å². The Morgan fingerprint density at radius 1 is 1.12 bits per heavy atom. The maximum Gasteiger partial charge on any atom is 0.0862 e. The summed E-state index contributed by atoms with van der Waals surface area (Å²) < 4.78 is 0. The molecule has 0 radical (unpaired) electrons. The maximum atomic E-state index is 10.2. The standard InChI is InChI=1S/C15H22O/c1-15(16)12-6-5-9-14(15)11-10-13-7-3-2-4-8-13/h2-3,6,10-14,16H,4-5,7-9H2,1H3. The minimum atomic E-state index is -0.640. The molecule has 0 saturated heterocycles. The molecule has 0 spiro atoms. The molecule has 0 aromatic carbocycles. The van der Waals surface area contributed by atoms with Crippen LogP contribution in [0.2, 0.25) is 0 Å². The Morgan fingerprint density at radius 3 is 2.62 bits per heavy atom. The molecule has 3 unspecified atom stereocenters. The van der Waals surface area contributed by atoms with Crippen LogP contribution in [0.4, 0.5) is 0 Å². The van der Waals surface area contributed by atoms with Crippen LogP contribution < -0.4 is 0 Å². The summed E-state index contributed by atoms with van der Waals surface area (Å²) in [6.07, 6.45) is 18.9. The lowest BCUT2D eigenvalue weighted by molar-refractivity contribution is 0.0580. The van der Waals surface area contributed by atoms with E-state index in [1.165, 1.54) is 19.3 Å². The Balaban J connectivity index is 1.95. The van der Waals surface area contributed by atoms with Crippen molar-refractivity contribution in [1.82, 2.24) is 0 Å². The van der Waals surface area contributed by atoms with E-state index in [1.54, 1.807) is 0 Å². The van der Waals surface area contributed by atoms with Crippen molar-refractivity contribution in [3.8, 4) is 0 Å². The van der Waals surface area contributed by atoms with E-state index in [0.29, 0.717) is 11.8 Å². The minimum Gasteiger partial charge on any atom is -0.385 e. The van der Waals surface area contributed by atoms with Crippen LogP contribution in [0.15, 0.2) is 36.5 Å². The Kier molecular flexibility index (Phi) is 3.65. The molecule has 0 aromatic rings. The van der Waals surface area contributed by atoms with Crippen LogP contribution in [0.3, 0.4) is 0 Å². The van der Waals surface area contributed by atoms with Gasteiger partial charge in [0.15, 0.2) is 0 Å². The highest BCUT2D eigenvalue weighted by atomic mass is 16.3. The number of aliphatic hydroxyl groups is 1. The van der Waals surface area contributed by atoms with E-state index < -0.39 is 5.60 Å². The molecule has 1 N–H and O–H groups in total. The van der Waals surface area contributed by atoms with Gasteiger partial charge in [-0.15, -0.1) is 0 Å². The van der Waals surface area contributed by atoms with Gasteiger partial charge in [-0.3, -0.25) is 0 Å². The molecule has 0 aliphatic heterocycles. The minimum absolute atomic E-state index is 0.295. The summed E-state index contributed by atoms with van der Waals surface area (Å²) >= 11 is 0. The van der Waals surface area contributed by atoms with E-state index in [-0.39, 0.29) is 0 Å². The lowest BCUT2D eigenvalue weighted by Crippen LogP contribution is -2.33. The van der Waals surface area contributed by atoms with Crippen molar-refractivity contribution in [2.45, 2.75) is 44.6 Å². The summed E-state index contributed by atoms with van der Waals surface area (Å²) in [4.78, 5) is 0. The van der Waals surface area contributed by atoms with Crippen molar-refractivity contribution in [2.75, 3.05) is 0 Å². The van der Waals surface area contributed by atoms with Gasteiger partial charge >= 0.3 is 0 Å². The Hall–Kier alpha value is -0.820. The SMILES string of the molecule is CC1(O)C=CCCC1C=CC1CC=CCC1. The molecule has 2 aliphatic carbocycles. The van der Waals surface area contributed by atoms with Gasteiger partial charge in [-0.25, -0.2) is 0 Å². The van der Waals surface area contributed by atoms with E-state index in [1.807, 2.05) is 13.0 Å². The maximum absolute atomic E-state index is 10.2. The number of allylic oxidation sites excluding steroid dienone is 4. The zero-order valence-electron chi connectivity index (χ0n) is 10.1. The van der Waals surface area contributed by atoms with Crippen LogP contribution in [0.1, 0.15) is 39.0 Å². The van der Waals surface area contributed by atoms with Gasteiger partial charge in [0.1, 0.15) is 0 Å². The number of rotatable bonds is 2.